The molecule has 3 N–H and O–H groups in total. The third-order valence-electron chi connectivity index (χ3n) is 2.09. The third kappa shape index (κ3) is 3.18. The van der Waals surface area contributed by atoms with Crippen molar-refractivity contribution in [1.29, 1.82) is 0 Å². The Morgan fingerprint density at radius 2 is 2.07 bits per heavy atom. The van der Waals surface area contributed by atoms with Crippen LogP contribution >= 0.6 is 0 Å². The Labute approximate surface area is 84.3 Å². The highest BCUT2D eigenvalue weighted by Crippen LogP contribution is 1.97. The van der Waals surface area contributed by atoms with E-state index in [-0.39, 0.29) is 5.91 Å². The van der Waals surface area contributed by atoms with Crippen LogP contribution in [0.4, 0.5) is 0 Å². The molecule has 1 amide bonds. The Kier molecular flexibility index (Phi) is 4.13. The molecule has 0 aliphatic carbocycles. The number of nitrogens with one attached hydrogen (secondary N) is 1. The van der Waals surface area contributed by atoms with Crippen molar-refractivity contribution in [2.45, 2.75) is 25.9 Å². The predicted molar refractivity (Wildman–Crippen MR) is 56.6 cm³/mol. The first-order chi connectivity index (χ1) is 6.74. The molecule has 0 aliphatic heterocycles. The van der Waals surface area contributed by atoms with E-state index in [2.05, 4.69) is 5.32 Å². The predicted octanol–water partition coefficient (Wildman–Crippen LogP) is 1.04. The van der Waals surface area contributed by atoms with Crippen molar-refractivity contribution in [3.63, 3.8) is 0 Å². The molecule has 1 aromatic carbocycles. The van der Waals surface area contributed by atoms with Gasteiger partial charge >= 0.3 is 0 Å². The molecule has 76 valence electrons. The number of hydrogen-bond acceptors (Lipinski definition) is 2. The molecule has 1 aromatic rings. The number of nitrogens with two attached hydrogens (primary N) is 1. The van der Waals surface area contributed by atoms with Crippen LogP contribution in [0.3, 0.4) is 0 Å². The highest BCUT2D eigenvalue weighted by molar-refractivity contribution is 5.81. The van der Waals surface area contributed by atoms with E-state index in [4.69, 9.17) is 5.73 Å². The Hall–Kier alpha value is -1.35. The number of hydrogen-bond donors (Lipinski definition) is 2. The lowest BCUT2D eigenvalue weighted by molar-refractivity contribution is -0.122. The topological polar surface area (TPSA) is 55.1 Å². The molecule has 0 spiro atoms. The molecule has 0 radical (unpaired) electrons. The second kappa shape index (κ2) is 5.40. The largest absolute Gasteiger partial charge is 0.351 e. The van der Waals surface area contributed by atoms with Gasteiger partial charge in [-0.1, -0.05) is 37.3 Å². The fourth-order valence-electron chi connectivity index (χ4n) is 1.10. The summed E-state index contributed by atoms with van der Waals surface area (Å²) in [6.45, 7) is 2.44. The zero-order valence-corrected chi connectivity index (χ0v) is 8.36. The number of carbonyl (C=O) groups excluding carboxylic acids is 1. The van der Waals surface area contributed by atoms with Crippen LogP contribution in [-0.2, 0) is 11.3 Å². The molecule has 0 aromatic heterocycles. The van der Waals surface area contributed by atoms with Crippen molar-refractivity contribution >= 4 is 5.91 Å². The Balaban J connectivity index is 2.38. The van der Waals surface area contributed by atoms with E-state index in [1.54, 1.807) is 0 Å². The first-order valence-electron chi connectivity index (χ1n) is 4.81. The molecule has 14 heavy (non-hydrogen) atoms. The minimum atomic E-state index is -0.390. The summed E-state index contributed by atoms with van der Waals surface area (Å²) in [7, 11) is 0. The Morgan fingerprint density at radius 1 is 1.43 bits per heavy atom. The van der Waals surface area contributed by atoms with Crippen LogP contribution in [0, 0.1) is 0 Å². The van der Waals surface area contributed by atoms with Gasteiger partial charge in [0.15, 0.2) is 0 Å². The van der Waals surface area contributed by atoms with Gasteiger partial charge in [0.05, 0.1) is 6.04 Å². The van der Waals surface area contributed by atoms with Crippen LogP contribution in [0.15, 0.2) is 30.3 Å². The van der Waals surface area contributed by atoms with Crippen LogP contribution in [0.2, 0.25) is 0 Å². The zero-order chi connectivity index (χ0) is 10.4. The minimum absolute atomic E-state index is 0.0867. The first kappa shape index (κ1) is 10.7. The summed E-state index contributed by atoms with van der Waals surface area (Å²) in [5, 5.41) is 2.79. The molecule has 0 unspecified atom stereocenters. The molecule has 1 rings (SSSR count). The van der Waals surface area contributed by atoms with E-state index in [1.165, 1.54) is 0 Å². The van der Waals surface area contributed by atoms with Gasteiger partial charge in [-0.25, -0.2) is 0 Å². The monoisotopic (exact) mass is 192 g/mol. The molecule has 0 saturated heterocycles. The molecule has 1 atom stereocenters. The summed E-state index contributed by atoms with van der Waals surface area (Å²) in [6, 6.07) is 9.39. The van der Waals surface area contributed by atoms with E-state index in [9.17, 15) is 4.79 Å². The fourth-order valence-corrected chi connectivity index (χ4v) is 1.10. The molecular weight excluding hydrogens is 176 g/mol. The summed E-state index contributed by atoms with van der Waals surface area (Å²) in [4.78, 5) is 11.3. The second-order valence-corrected chi connectivity index (χ2v) is 3.22. The number of rotatable bonds is 4. The van der Waals surface area contributed by atoms with Gasteiger partial charge in [-0.3, -0.25) is 4.79 Å². The van der Waals surface area contributed by atoms with Crippen molar-refractivity contribution < 1.29 is 4.79 Å². The fraction of sp³-hybridized carbons (Fsp3) is 0.364. The lowest BCUT2D eigenvalue weighted by Crippen LogP contribution is -2.39. The van der Waals surface area contributed by atoms with Crippen molar-refractivity contribution in [2.24, 2.45) is 5.73 Å². The van der Waals surface area contributed by atoms with Crippen LogP contribution < -0.4 is 11.1 Å². The average molecular weight is 192 g/mol. The zero-order valence-electron chi connectivity index (χ0n) is 8.36. The smallest absolute Gasteiger partial charge is 0.237 e. The average Bonchev–Trinajstić information content (AvgIpc) is 2.26. The summed E-state index contributed by atoms with van der Waals surface area (Å²) >= 11 is 0. The molecule has 0 bridgehead atoms. The molecule has 0 heterocycles. The first-order valence-corrected chi connectivity index (χ1v) is 4.81. The maximum Gasteiger partial charge on any atom is 0.237 e. The number of amides is 1. The van der Waals surface area contributed by atoms with Crippen molar-refractivity contribution in [2.75, 3.05) is 0 Å². The Bertz CT molecular complexity index is 285. The SMILES string of the molecule is CC[C@H](N)C(=O)NCc1ccccc1. The van der Waals surface area contributed by atoms with Gasteiger partial charge in [-0.05, 0) is 12.0 Å². The van der Waals surface area contributed by atoms with Gasteiger partial charge in [0.2, 0.25) is 5.91 Å². The van der Waals surface area contributed by atoms with Gasteiger partial charge in [-0.15, -0.1) is 0 Å². The molecule has 0 aliphatic rings. The summed E-state index contributed by atoms with van der Waals surface area (Å²) in [5.41, 5.74) is 6.66. The van der Waals surface area contributed by atoms with Crippen molar-refractivity contribution in [3.8, 4) is 0 Å². The highest BCUT2D eigenvalue weighted by atomic mass is 16.2. The normalized spacial score (nSPS) is 12.1. The summed E-state index contributed by atoms with van der Waals surface area (Å²) in [6.07, 6.45) is 0.667. The quantitative estimate of drug-likeness (QED) is 0.749. The van der Waals surface area contributed by atoms with Crippen molar-refractivity contribution in [3.05, 3.63) is 35.9 Å². The molecular formula is C11H16N2O. The Morgan fingerprint density at radius 3 is 2.64 bits per heavy atom. The van der Waals surface area contributed by atoms with Gasteiger partial charge in [0, 0.05) is 6.54 Å². The van der Waals surface area contributed by atoms with E-state index in [0.717, 1.165) is 5.56 Å². The van der Waals surface area contributed by atoms with Crippen molar-refractivity contribution in [1.82, 2.24) is 5.32 Å². The van der Waals surface area contributed by atoms with E-state index in [1.807, 2.05) is 37.3 Å². The molecule has 3 nitrogen and oxygen atoms in total. The van der Waals surface area contributed by atoms with Gasteiger partial charge in [0.25, 0.3) is 0 Å². The molecule has 3 heteroatoms. The maximum atomic E-state index is 11.3. The lowest BCUT2D eigenvalue weighted by atomic mass is 10.2. The maximum absolute atomic E-state index is 11.3. The van der Waals surface area contributed by atoms with E-state index < -0.39 is 6.04 Å². The van der Waals surface area contributed by atoms with Crippen LogP contribution in [-0.4, -0.2) is 11.9 Å². The van der Waals surface area contributed by atoms with Crippen LogP contribution in [0.25, 0.3) is 0 Å². The van der Waals surface area contributed by atoms with E-state index >= 15 is 0 Å². The van der Waals surface area contributed by atoms with Gasteiger partial charge in [-0.2, -0.15) is 0 Å². The van der Waals surface area contributed by atoms with E-state index in [0.29, 0.717) is 13.0 Å². The molecule has 0 fully saturated rings. The van der Waals surface area contributed by atoms with Crippen LogP contribution in [0.5, 0.6) is 0 Å². The number of benzene rings is 1. The third-order valence-corrected chi connectivity index (χ3v) is 2.09. The second-order valence-electron chi connectivity index (χ2n) is 3.22. The summed E-state index contributed by atoms with van der Waals surface area (Å²) in [5.74, 6) is -0.0867. The van der Waals surface area contributed by atoms with Crippen LogP contribution in [0.1, 0.15) is 18.9 Å². The highest BCUT2D eigenvalue weighted by Gasteiger charge is 2.09. The summed E-state index contributed by atoms with van der Waals surface area (Å²) < 4.78 is 0. The standard InChI is InChI=1S/C11H16N2O/c1-2-10(12)11(14)13-8-9-6-4-3-5-7-9/h3-7,10H,2,8,12H2,1H3,(H,13,14)/t10-/m0/s1. The van der Waals surface area contributed by atoms with Gasteiger partial charge < -0.3 is 11.1 Å². The molecule has 0 saturated carbocycles. The number of carbonyl (C=O) groups is 1. The minimum Gasteiger partial charge on any atom is -0.351 e. The lowest BCUT2D eigenvalue weighted by Gasteiger charge is -2.09. The van der Waals surface area contributed by atoms with Gasteiger partial charge in [0.1, 0.15) is 0 Å².